The highest BCUT2D eigenvalue weighted by molar-refractivity contribution is 6.12. The van der Waals surface area contributed by atoms with E-state index in [0.717, 1.165) is 116 Å². The summed E-state index contributed by atoms with van der Waals surface area (Å²) in [7, 11) is 0. The van der Waals surface area contributed by atoms with Crippen LogP contribution in [0.3, 0.4) is 0 Å². The summed E-state index contributed by atoms with van der Waals surface area (Å²) in [5, 5.41) is 6.38. The molecule has 30 rings (SSSR count). The van der Waals surface area contributed by atoms with E-state index in [1.165, 1.54) is 196 Å². The Kier molecular flexibility index (Phi) is 21.4. The van der Waals surface area contributed by atoms with Crippen molar-refractivity contribution in [2.24, 2.45) is 0 Å². The smallest absolute Gasteiger partial charge is 0.164 e. The van der Waals surface area contributed by atoms with Crippen LogP contribution in [0, 0.1) is 0 Å². The van der Waals surface area contributed by atoms with Gasteiger partial charge in [-0.1, -0.05) is 404 Å². The maximum Gasteiger partial charge on any atom is 0.164 e. The second-order valence-electron chi connectivity index (χ2n) is 40.5. The fraction of sp³-hybridized carbons (Fsp3) is 0.133. The van der Waals surface area contributed by atoms with Crippen LogP contribution in [0.4, 0.5) is 0 Å². The zero-order valence-electron chi connectivity index (χ0n) is 81.2. The van der Waals surface area contributed by atoms with Crippen molar-refractivity contribution in [3.8, 4) is 169 Å². The Balaban J connectivity index is 0.000000107. The maximum absolute atomic E-state index is 6.21. The summed E-state index contributed by atoms with van der Waals surface area (Å²) in [4.78, 5) is 45.1. The van der Waals surface area contributed by atoms with Gasteiger partial charge in [0.15, 0.2) is 52.4 Å². The van der Waals surface area contributed by atoms with Gasteiger partial charge in [-0.15, -0.1) is 0 Å². The van der Waals surface area contributed by atoms with E-state index >= 15 is 0 Å². The topological polar surface area (TPSA) is 155 Å². The number of aromatic nitrogens is 9. The molecule has 6 aliphatic rings. The number of furan rings is 3. The van der Waals surface area contributed by atoms with E-state index in [-0.39, 0.29) is 16.2 Å². The molecule has 0 bridgehead atoms. The van der Waals surface area contributed by atoms with Crippen molar-refractivity contribution in [3.63, 3.8) is 0 Å². The number of fused-ring (bicyclic) bond motifs is 24. The summed E-state index contributed by atoms with van der Waals surface area (Å²) < 4.78 is 18.5. The van der Waals surface area contributed by atoms with Gasteiger partial charge in [0, 0.05) is 98.6 Å². The second kappa shape index (κ2) is 36.1. The fourth-order valence-corrected chi connectivity index (χ4v) is 25.2. The average Bonchev–Trinajstić information content (AvgIpc) is 1.56. The van der Waals surface area contributed by atoms with E-state index in [0.29, 0.717) is 52.4 Å². The van der Waals surface area contributed by atoms with E-state index in [9.17, 15) is 0 Å². The van der Waals surface area contributed by atoms with Gasteiger partial charge in [-0.3, -0.25) is 0 Å². The monoisotopic (exact) mass is 1890 g/mol. The first-order valence-electron chi connectivity index (χ1n) is 52.0. The predicted octanol–water partition coefficient (Wildman–Crippen LogP) is 35.0. The Morgan fingerprint density at radius 3 is 0.810 bits per heavy atom. The molecule has 147 heavy (non-hydrogen) atoms. The number of hydrogen-bond acceptors (Lipinski definition) is 12. The van der Waals surface area contributed by atoms with Crippen molar-refractivity contribution in [2.75, 3.05) is 0 Å². The minimum atomic E-state index is 0.137. The van der Waals surface area contributed by atoms with Crippen molar-refractivity contribution in [2.45, 2.75) is 113 Å². The molecule has 18 aromatic carbocycles. The molecule has 702 valence electrons. The molecule has 0 radical (unpaired) electrons. The molecule has 6 aromatic heterocycles. The van der Waals surface area contributed by atoms with Gasteiger partial charge in [0.05, 0.1) is 0 Å². The number of hydrogen-bond donors (Lipinski definition) is 0. The van der Waals surface area contributed by atoms with E-state index in [2.05, 4.69) is 243 Å². The SMILES string of the molecule is c1ccc(-c2nc(-c3ccc(-c4ccc5c(c4)C4(CCCCC4)c4ccccc4-5)cc3)nc(-c3ccc4c(c3)oc3ccccc34)n2)cc1.c1ccc(-c2nc(-c3ccc(-c4ccc5c(c4)C4(CCCCC4)c4ccccc4-5)cc3)nc(-c3ccc4oc5ccccc5c4c3)n2)cc1.c1ccc(-c2nc(-c3ccc(-c4ccc5c(c4)C4(CCCCC4)c4ccccc4-5)cc3)nc(-c3cccc4oc5ccccc5c34)n2)cc1. The van der Waals surface area contributed by atoms with Crippen LogP contribution in [0.2, 0.25) is 0 Å². The third-order valence-corrected chi connectivity index (χ3v) is 32.3. The Labute approximate surface area is 851 Å². The molecule has 12 nitrogen and oxygen atoms in total. The molecule has 12 heteroatoms. The standard InChI is InChI=1S/3C45H33N3O/c1-3-12-30(13-4-1)42-46-43(48-44(47-42)36-16-11-19-40-41(36)35-15-6-8-18-39(35)49-40)31-22-20-29(21-23-31)32-24-25-34-33-14-5-7-17-37(33)45(38(34)28-32)26-9-2-10-27-45;1-3-11-30(12-4-1)42-46-43(48-44(47-42)33-22-24-41-37(27-33)36-14-6-8-16-40(36)49-41)31-19-17-29(18-20-31)32-21-23-35-34-13-5-7-15-38(34)45(39(35)28-32)25-9-2-10-26-45;1-3-11-30(12-4-1)42-46-43(48-44(47-42)33-22-24-37-36-14-6-8-16-40(36)49-41(37)28-33)31-19-17-29(18-20-31)32-21-23-35-34-13-5-7-15-38(34)45(39(35)27-32)25-9-2-10-26-45/h1,3-8,11-25,28H,2,9-10,26-27H2;2*1,3-8,11-24,27-28H,2,9-10,25-26H2. The van der Waals surface area contributed by atoms with Crippen LogP contribution in [0.25, 0.3) is 235 Å². The zero-order chi connectivity index (χ0) is 97.1. The van der Waals surface area contributed by atoms with Gasteiger partial charge in [0.25, 0.3) is 0 Å². The molecule has 24 aromatic rings. The van der Waals surface area contributed by atoms with Gasteiger partial charge in [-0.05, 0) is 211 Å². The Morgan fingerprint density at radius 2 is 0.401 bits per heavy atom. The van der Waals surface area contributed by atoms with E-state index < -0.39 is 0 Å². The minimum Gasteiger partial charge on any atom is -0.456 e. The predicted molar refractivity (Wildman–Crippen MR) is 594 cm³/mol. The molecule has 6 heterocycles. The molecule has 6 aliphatic carbocycles. The number of para-hydroxylation sites is 3. The fourth-order valence-electron chi connectivity index (χ4n) is 25.2. The van der Waals surface area contributed by atoms with Gasteiger partial charge >= 0.3 is 0 Å². The summed E-state index contributed by atoms with van der Waals surface area (Å²) in [6.45, 7) is 0. The van der Waals surface area contributed by atoms with Crippen molar-refractivity contribution < 1.29 is 13.3 Å². The molecule has 0 unspecified atom stereocenters. The van der Waals surface area contributed by atoms with E-state index in [1.807, 2.05) is 176 Å². The van der Waals surface area contributed by atoms with Crippen LogP contribution in [-0.2, 0) is 16.2 Å². The van der Waals surface area contributed by atoms with Crippen LogP contribution in [0.5, 0.6) is 0 Å². The van der Waals surface area contributed by atoms with Crippen molar-refractivity contribution in [3.05, 3.63) is 452 Å². The van der Waals surface area contributed by atoms with Gasteiger partial charge < -0.3 is 13.3 Å². The summed E-state index contributed by atoms with van der Waals surface area (Å²) in [6.07, 6.45) is 19.1. The van der Waals surface area contributed by atoms with E-state index in [4.69, 9.17) is 58.1 Å². The van der Waals surface area contributed by atoms with Crippen molar-refractivity contribution >= 4 is 65.8 Å². The molecule has 0 atom stereocenters. The lowest BCUT2D eigenvalue weighted by molar-refractivity contribution is 0.353. The lowest BCUT2D eigenvalue weighted by Crippen LogP contribution is -2.28. The first kappa shape index (κ1) is 87.2. The van der Waals surface area contributed by atoms with Gasteiger partial charge in [0.1, 0.15) is 33.5 Å². The first-order chi connectivity index (χ1) is 72.7. The van der Waals surface area contributed by atoms with Crippen LogP contribution in [0.1, 0.15) is 130 Å². The summed E-state index contributed by atoms with van der Waals surface area (Å²) in [5.74, 6) is 5.76. The molecule has 0 N–H and O–H groups in total. The lowest BCUT2D eigenvalue weighted by Gasteiger charge is -2.36. The zero-order valence-corrected chi connectivity index (χ0v) is 81.2. The van der Waals surface area contributed by atoms with Crippen molar-refractivity contribution in [1.82, 2.24) is 44.9 Å². The normalized spacial score (nSPS) is 14.7. The van der Waals surface area contributed by atoms with Crippen molar-refractivity contribution in [1.29, 1.82) is 0 Å². The lowest BCUT2D eigenvalue weighted by atomic mass is 9.67. The Morgan fingerprint density at radius 1 is 0.143 bits per heavy atom. The molecule has 3 saturated carbocycles. The van der Waals surface area contributed by atoms with Gasteiger partial charge in [0.2, 0.25) is 0 Å². The summed E-state index contributed by atoms with van der Waals surface area (Å²) >= 11 is 0. The molecule has 3 fully saturated rings. The quantitative estimate of drug-likeness (QED) is 0.114. The highest BCUT2D eigenvalue weighted by atomic mass is 16.3. The third-order valence-electron chi connectivity index (χ3n) is 32.3. The number of benzene rings is 18. The van der Waals surface area contributed by atoms with Gasteiger partial charge in [-0.2, -0.15) is 0 Å². The number of rotatable bonds is 12. The third kappa shape index (κ3) is 15.2. The minimum absolute atomic E-state index is 0.137. The molecule has 0 amide bonds. The van der Waals surface area contributed by atoms with E-state index in [1.54, 1.807) is 0 Å². The van der Waals surface area contributed by atoms with Crippen LogP contribution in [0.15, 0.2) is 432 Å². The van der Waals surface area contributed by atoms with Gasteiger partial charge in [-0.25, -0.2) is 44.9 Å². The van der Waals surface area contributed by atoms with Crippen LogP contribution < -0.4 is 0 Å². The Bertz CT molecular complexity index is 9270. The molecule has 0 saturated heterocycles. The summed E-state index contributed by atoms with van der Waals surface area (Å²) in [6, 6.07) is 148. The second-order valence-corrected chi connectivity index (χ2v) is 40.5. The number of nitrogens with zero attached hydrogens (tertiary/aromatic N) is 9. The maximum atomic E-state index is 6.21. The molecular formula is C135H99N9O3. The van der Waals surface area contributed by atoms with Crippen LogP contribution >= 0.6 is 0 Å². The highest BCUT2D eigenvalue weighted by Crippen LogP contribution is 2.60. The van der Waals surface area contributed by atoms with Crippen LogP contribution in [-0.4, -0.2) is 44.9 Å². The molecule has 3 spiro atoms. The largest absolute Gasteiger partial charge is 0.456 e. The first-order valence-corrected chi connectivity index (χ1v) is 52.0. The Hall–Kier alpha value is -17.6. The average molecular weight is 1900 g/mol. The summed E-state index contributed by atoms with van der Waals surface area (Å²) in [5.41, 5.74) is 38.9. The molecule has 0 aliphatic heterocycles. The molecular weight excluding hydrogens is 1800 g/mol. The highest BCUT2D eigenvalue weighted by Gasteiger charge is 2.47.